The first-order chi connectivity index (χ1) is 13.8. The summed E-state index contributed by atoms with van der Waals surface area (Å²) in [5, 5.41) is 0. The van der Waals surface area contributed by atoms with Gasteiger partial charge in [0, 0.05) is 12.0 Å². The second-order valence-electron chi connectivity index (χ2n) is 6.98. The maximum Gasteiger partial charge on any atom is 0.226 e. The zero-order valence-electron chi connectivity index (χ0n) is 16.6. The van der Waals surface area contributed by atoms with E-state index in [-0.39, 0.29) is 18.0 Å². The lowest BCUT2D eigenvalue weighted by atomic mass is 10.1. The fourth-order valence-electron chi connectivity index (χ4n) is 2.91. The number of ketones is 1. The van der Waals surface area contributed by atoms with Crippen LogP contribution in [0.1, 0.15) is 22.6 Å². The van der Waals surface area contributed by atoms with Gasteiger partial charge >= 0.3 is 0 Å². The normalized spacial score (nSPS) is 11.4. The SMILES string of the molecule is COc1ccc(CC(=O)CS(=O)(=O)Cc2nc(-c3ccc(C)cc3)oc2C)cc1. The molecule has 29 heavy (non-hydrogen) atoms. The molecule has 3 aromatic rings. The number of aromatic nitrogens is 1. The molecule has 7 heteroatoms. The molecule has 6 nitrogen and oxygen atoms in total. The highest BCUT2D eigenvalue weighted by molar-refractivity contribution is 7.91. The summed E-state index contributed by atoms with van der Waals surface area (Å²) < 4.78 is 35.8. The van der Waals surface area contributed by atoms with Crippen LogP contribution in [0.2, 0.25) is 0 Å². The van der Waals surface area contributed by atoms with E-state index in [1.807, 2.05) is 31.2 Å². The Bertz CT molecular complexity index is 1100. The van der Waals surface area contributed by atoms with Crippen molar-refractivity contribution in [1.82, 2.24) is 4.98 Å². The van der Waals surface area contributed by atoms with E-state index < -0.39 is 15.6 Å². The molecule has 0 N–H and O–H groups in total. The largest absolute Gasteiger partial charge is 0.497 e. The molecule has 0 saturated heterocycles. The third-order valence-electron chi connectivity index (χ3n) is 4.49. The van der Waals surface area contributed by atoms with Crippen LogP contribution in [0, 0.1) is 13.8 Å². The highest BCUT2D eigenvalue weighted by Gasteiger charge is 2.22. The summed E-state index contributed by atoms with van der Waals surface area (Å²) >= 11 is 0. The number of methoxy groups -OCH3 is 1. The number of hydrogen-bond acceptors (Lipinski definition) is 6. The Balaban J connectivity index is 1.67. The maximum atomic E-state index is 12.5. The van der Waals surface area contributed by atoms with Crippen LogP contribution in [0.4, 0.5) is 0 Å². The molecule has 2 aromatic carbocycles. The zero-order chi connectivity index (χ0) is 21.0. The molecule has 0 spiro atoms. The van der Waals surface area contributed by atoms with Crippen LogP contribution in [0.25, 0.3) is 11.5 Å². The number of carbonyl (C=O) groups excluding carboxylic acids is 1. The van der Waals surface area contributed by atoms with Crippen molar-refractivity contribution in [3.63, 3.8) is 0 Å². The number of hydrogen-bond donors (Lipinski definition) is 0. The molecule has 0 fully saturated rings. The number of rotatable bonds is 8. The first kappa shape index (κ1) is 20.8. The molecule has 0 aliphatic heterocycles. The van der Waals surface area contributed by atoms with E-state index in [9.17, 15) is 13.2 Å². The predicted octanol–water partition coefficient (Wildman–Crippen LogP) is 3.69. The summed E-state index contributed by atoms with van der Waals surface area (Å²) in [5.41, 5.74) is 2.95. The van der Waals surface area contributed by atoms with E-state index in [1.54, 1.807) is 38.3 Å². The van der Waals surface area contributed by atoms with E-state index in [0.717, 1.165) is 16.7 Å². The second-order valence-corrected chi connectivity index (χ2v) is 9.05. The first-order valence-corrected chi connectivity index (χ1v) is 11.0. The van der Waals surface area contributed by atoms with Gasteiger partial charge in [-0.05, 0) is 43.7 Å². The fraction of sp³-hybridized carbons (Fsp3) is 0.273. The number of carbonyl (C=O) groups is 1. The predicted molar refractivity (Wildman–Crippen MR) is 111 cm³/mol. The molecular formula is C22H23NO5S. The molecule has 0 atom stereocenters. The summed E-state index contributed by atoms with van der Waals surface area (Å²) in [6.45, 7) is 3.65. The van der Waals surface area contributed by atoms with Gasteiger partial charge in [-0.1, -0.05) is 29.8 Å². The topological polar surface area (TPSA) is 86.5 Å². The van der Waals surface area contributed by atoms with Crippen molar-refractivity contribution in [3.8, 4) is 17.2 Å². The van der Waals surface area contributed by atoms with Gasteiger partial charge in [-0.15, -0.1) is 0 Å². The third-order valence-corrected chi connectivity index (χ3v) is 5.96. The van der Waals surface area contributed by atoms with Gasteiger partial charge in [-0.3, -0.25) is 4.79 Å². The molecule has 0 bridgehead atoms. The van der Waals surface area contributed by atoms with Crippen molar-refractivity contribution >= 4 is 15.6 Å². The number of aryl methyl sites for hydroxylation is 2. The quantitative estimate of drug-likeness (QED) is 0.560. The molecular weight excluding hydrogens is 390 g/mol. The molecule has 0 unspecified atom stereocenters. The molecule has 0 saturated carbocycles. The second kappa shape index (κ2) is 8.61. The number of ether oxygens (including phenoxy) is 1. The molecule has 0 aliphatic rings. The average Bonchev–Trinajstić information content (AvgIpc) is 3.02. The van der Waals surface area contributed by atoms with Gasteiger partial charge in [0.2, 0.25) is 5.89 Å². The third kappa shape index (κ3) is 5.54. The summed E-state index contributed by atoms with van der Waals surface area (Å²) in [6.07, 6.45) is 0.0512. The minimum atomic E-state index is -3.66. The Morgan fingerprint density at radius 1 is 1.03 bits per heavy atom. The summed E-state index contributed by atoms with van der Waals surface area (Å²) in [5.74, 6) is 0.257. The fourth-order valence-corrected chi connectivity index (χ4v) is 4.29. The van der Waals surface area contributed by atoms with E-state index >= 15 is 0 Å². The van der Waals surface area contributed by atoms with Crippen LogP contribution in [0.15, 0.2) is 52.9 Å². The van der Waals surface area contributed by atoms with Gasteiger partial charge in [0.25, 0.3) is 0 Å². The number of oxazole rings is 1. The van der Waals surface area contributed by atoms with Gasteiger partial charge in [-0.2, -0.15) is 0 Å². The molecule has 152 valence electrons. The Hall–Kier alpha value is -2.93. The Morgan fingerprint density at radius 2 is 1.69 bits per heavy atom. The van der Waals surface area contributed by atoms with Crippen molar-refractivity contribution in [3.05, 3.63) is 71.1 Å². The van der Waals surface area contributed by atoms with Gasteiger partial charge in [0.15, 0.2) is 15.6 Å². The zero-order valence-corrected chi connectivity index (χ0v) is 17.5. The first-order valence-electron chi connectivity index (χ1n) is 9.14. The van der Waals surface area contributed by atoms with Crippen molar-refractivity contribution in [1.29, 1.82) is 0 Å². The lowest BCUT2D eigenvalue weighted by Crippen LogP contribution is -2.19. The molecule has 3 rings (SSSR count). The van der Waals surface area contributed by atoms with Gasteiger partial charge in [-0.25, -0.2) is 13.4 Å². The van der Waals surface area contributed by atoms with Crippen molar-refractivity contribution in [2.75, 3.05) is 12.9 Å². The lowest BCUT2D eigenvalue weighted by Gasteiger charge is -2.04. The lowest BCUT2D eigenvalue weighted by molar-refractivity contribution is -0.116. The number of nitrogens with zero attached hydrogens (tertiary/aromatic N) is 1. The highest BCUT2D eigenvalue weighted by atomic mass is 32.2. The van der Waals surface area contributed by atoms with Crippen LogP contribution < -0.4 is 4.74 Å². The summed E-state index contributed by atoms with van der Waals surface area (Å²) in [7, 11) is -2.10. The minimum absolute atomic E-state index is 0.0512. The van der Waals surface area contributed by atoms with E-state index in [1.165, 1.54) is 0 Å². The monoisotopic (exact) mass is 413 g/mol. The minimum Gasteiger partial charge on any atom is -0.497 e. The van der Waals surface area contributed by atoms with Crippen LogP contribution in [0.5, 0.6) is 5.75 Å². The molecule has 0 radical (unpaired) electrons. The molecule has 0 amide bonds. The molecule has 0 aliphatic carbocycles. The maximum absolute atomic E-state index is 12.5. The van der Waals surface area contributed by atoms with Crippen molar-refractivity contribution < 1.29 is 22.4 Å². The van der Waals surface area contributed by atoms with Crippen molar-refractivity contribution in [2.45, 2.75) is 26.0 Å². The van der Waals surface area contributed by atoms with Gasteiger partial charge in [0.1, 0.15) is 17.3 Å². The number of benzene rings is 2. The van der Waals surface area contributed by atoms with Crippen molar-refractivity contribution in [2.24, 2.45) is 0 Å². The Morgan fingerprint density at radius 3 is 2.31 bits per heavy atom. The van der Waals surface area contributed by atoms with E-state index in [4.69, 9.17) is 9.15 Å². The van der Waals surface area contributed by atoms with Gasteiger partial charge in [0.05, 0.1) is 18.6 Å². The van der Waals surface area contributed by atoms with E-state index in [0.29, 0.717) is 23.1 Å². The highest BCUT2D eigenvalue weighted by Crippen LogP contribution is 2.23. The summed E-state index contributed by atoms with van der Waals surface area (Å²) in [6, 6.07) is 14.6. The van der Waals surface area contributed by atoms with E-state index in [2.05, 4.69) is 4.98 Å². The average molecular weight is 413 g/mol. The van der Waals surface area contributed by atoms with Crippen LogP contribution >= 0.6 is 0 Å². The summed E-state index contributed by atoms with van der Waals surface area (Å²) in [4.78, 5) is 16.6. The smallest absolute Gasteiger partial charge is 0.226 e. The van der Waals surface area contributed by atoms with Crippen LogP contribution in [-0.4, -0.2) is 32.0 Å². The number of sulfone groups is 1. The Labute approximate surface area is 170 Å². The Kier molecular flexibility index (Phi) is 6.17. The molecule has 1 heterocycles. The standard InChI is InChI=1S/C22H23NO5S/c1-15-4-8-18(9-5-15)22-23-21(16(2)28-22)14-29(25,26)13-19(24)12-17-6-10-20(27-3)11-7-17/h4-11H,12-14H2,1-3H3. The van der Waals surface area contributed by atoms with Gasteiger partial charge < -0.3 is 9.15 Å². The van der Waals surface area contributed by atoms with Crippen LogP contribution in [0.3, 0.4) is 0 Å². The van der Waals surface area contributed by atoms with Crippen LogP contribution in [-0.2, 0) is 26.8 Å². The number of Topliss-reactive ketones (excluding diaryl/α,β-unsaturated/α-hetero) is 1. The molecule has 1 aromatic heterocycles.